The number of hydrogen-bond donors (Lipinski definition) is 0. The summed E-state index contributed by atoms with van der Waals surface area (Å²) in [5.41, 5.74) is 1.18. The van der Waals surface area contributed by atoms with Crippen molar-refractivity contribution in [2.75, 3.05) is 13.2 Å². The van der Waals surface area contributed by atoms with Crippen LogP contribution in [0.5, 0.6) is 0 Å². The molecule has 4 heteroatoms. The molecule has 98 valence electrons. The highest BCUT2D eigenvalue weighted by atomic mass is 35.5. The van der Waals surface area contributed by atoms with E-state index in [1.807, 2.05) is 31.2 Å². The van der Waals surface area contributed by atoms with Gasteiger partial charge in [0, 0.05) is 17.6 Å². The lowest BCUT2D eigenvalue weighted by Crippen LogP contribution is -2.32. The van der Waals surface area contributed by atoms with Crippen molar-refractivity contribution in [3.63, 3.8) is 0 Å². The van der Waals surface area contributed by atoms with Crippen molar-refractivity contribution >= 4 is 17.6 Å². The van der Waals surface area contributed by atoms with Gasteiger partial charge in [-0.2, -0.15) is 0 Å². The van der Waals surface area contributed by atoms with Crippen LogP contribution in [0.4, 0.5) is 0 Å². The number of hydrogen-bond acceptors (Lipinski definition) is 3. The maximum atomic E-state index is 11.5. The second kappa shape index (κ2) is 6.21. The smallest absolute Gasteiger partial charge is 0.320 e. The minimum Gasteiger partial charge on any atom is -0.465 e. The Morgan fingerprint density at radius 3 is 2.61 bits per heavy atom. The molecule has 1 aromatic carbocycles. The Morgan fingerprint density at radius 1 is 1.39 bits per heavy atom. The Kier molecular flexibility index (Phi) is 4.61. The van der Waals surface area contributed by atoms with Crippen LogP contribution in [0.25, 0.3) is 0 Å². The maximum Gasteiger partial charge on any atom is 0.320 e. The molecule has 0 aromatic heterocycles. The molecule has 0 bridgehead atoms. The zero-order chi connectivity index (χ0) is 13.0. The van der Waals surface area contributed by atoms with Crippen molar-refractivity contribution in [2.24, 2.45) is 0 Å². The molecule has 0 amide bonds. The van der Waals surface area contributed by atoms with Crippen LogP contribution in [0, 0.1) is 0 Å². The van der Waals surface area contributed by atoms with Gasteiger partial charge in [-0.25, -0.2) is 0 Å². The van der Waals surface area contributed by atoms with E-state index in [1.165, 1.54) is 18.4 Å². The Morgan fingerprint density at radius 2 is 2.06 bits per heavy atom. The minimum absolute atomic E-state index is 0.140. The quantitative estimate of drug-likeness (QED) is 0.743. The van der Waals surface area contributed by atoms with Crippen molar-refractivity contribution in [3.05, 3.63) is 34.9 Å². The van der Waals surface area contributed by atoms with Crippen LogP contribution in [0.3, 0.4) is 0 Å². The predicted octanol–water partition coefficient (Wildman–Crippen LogP) is 2.87. The molecular weight excluding hydrogens is 250 g/mol. The Bertz CT molecular complexity index is 401. The fourth-order valence-corrected chi connectivity index (χ4v) is 2.08. The van der Waals surface area contributed by atoms with E-state index >= 15 is 0 Å². The maximum absolute atomic E-state index is 11.5. The summed E-state index contributed by atoms with van der Waals surface area (Å²) >= 11 is 5.86. The number of esters is 1. The monoisotopic (exact) mass is 267 g/mol. The zero-order valence-electron chi connectivity index (χ0n) is 10.6. The molecule has 1 fully saturated rings. The molecule has 0 heterocycles. The topological polar surface area (TPSA) is 29.5 Å². The molecule has 0 saturated heterocycles. The highest BCUT2D eigenvalue weighted by molar-refractivity contribution is 6.30. The second-order valence-electron chi connectivity index (χ2n) is 4.57. The number of rotatable bonds is 6. The summed E-state index contributed by atoms with van der Waals surface area (Å²) in [6.45, 7) is 3.43. The molecule has 1 aliphatic carbocycles. The molecule has 18 heavy (non-hydrogen) atoms. The predicted molar refractivity (Wildman–Crippen MR) is 71.5 cm³/mol. The number of benzene rings is 1. The molecule has 0 radical (unpaired) electrons. The Labute approximate surface area is 113 Å². The summed E-state index contributed by atoms with van der Waals surface area (Å²) < 4.78 is 5.01. The molecule has 3 nitrogen and oxygen atoms in total. The van der Waals surface area contributed by atoms with E-state index in [0.717, 1.165) is 11.6 Å². The van der Waals surface area contributed by atoms with Crippen molar-refractivity contribution in [3.8, 4) is 0 Å². The van der Waals surface area contributed by atoms with Crippen molar-refractivity contribution in [1.82, 2.24) is 4.90 Å². The normalized spacial score (nSPS) is 14.8. The Hall–Kier alpha value is -1.06. The van der Waals surface area contributed by atoms with Gasteiger partial charge in [0.25, 0.3) is 0 Å². The first-order valence-electron chi connectivity index (χ1n) is 6.33. The highest BCUT2D eigenvalue weighted by Gasteiger charge is 2.30. The van der Waals surface area contributed by atoms with Gasteiger partial charge in [-0.15, -0.1) is 0 Å². The molecule has 1 saturated carbocycles. The molecule has 1 aliphatic rings. The van der Waals surface area contributed by atoms with Gasteiger partial charge in [0.05, 0.1) is 13.2 Å². The van der Waals surface area contributed by atoms with Crippen LogP contribution >= 0.6 is 11.6 Å². The van der Waals surface area contributed by atoms with Crippen LogP contribution in [0.2, 0.25) is 5.02 Å². The summed E-state index contributed by atoms with van der Waals surface area (Å²) in [7, 11) is 0. The van der Waals surface area contributed by atoms with E-state index in [9.17, 15) is 4.79 Å². The third kappa shape index (κ3) is 4.00. The number of halogens is 1. The summed E-state index contributed by atoms with van der Waals surface area (Å²) in [5, 5.41) is 0.738. The molecule has 1 aromatic rings. The Balaban J connectivity index is 1.93. The summed E-state index contributed by atoms with van der Waals surface area (Å²) in [5.74, 6) is -0.140. The van der Waals surface area contributed by atoms with Crippen LogP contribution in [-0.4, -0.2) is 30.1 Å². The van der Waals surface area contributed by atoms with E-state index in [2.05, 4.69) is 4.90 Å². The van der Waals surface area contributed by atoms with Crippen LogP contribution < -0.4 is 0 Å². The lowest BCUT2D eigenvalue weighted by Gasteiger charge is -2.20. The van der Waals surface area contributed by atoms with Crippen molar-refractivity contribution < 1.29 is 9.53 Å². The largest absolute Gasteiger partial charge is 0.465 e. The van der Waals surface area contributed by atoms with E-state index in [1.54, 1.807) is 0 Å². The highest BCUT2D eigenvalue weighted by Crippen LogP contribution is 2.28. The zero-order valence-corrected chi connectivity index (χ0v) is 11.3. The van der Waals surface area contributed by atoms with Crippen LogP contribution in [0.15, 0.2) is 24.3 Å². The third-order valence-corrected chi connectivity index (χ3v) is 3.25. The minimum atomic E-state index is -0.140. The first kappa shape index (κ1) is 13.4. The van der Waals surface area contributed by atoms with Gasteiger partial charge in [-0.05, 0) is 37.5 Å². The molecule has 0 spiro atoms. The van der Waals surface area contributed by atoms with Crippen molar-refractivity contribution in [1.29, 1.82) is 0 Å². The van der Waals surface area contributed by atoms with E-state index in [-0.39, 0.29) is 5.97 Å². The first-order valence-corrected chi connectivity index (χ1v) is 6.71. The number of ether oxygens (including phenoxy) is 1. The molecular formula is C14H18ClNO2. The van der Waals surface area contributed by atoms with Crippen LogP contribution in [0.1, 0.15) is 25.3 Å². The second-order valence-corrected chi connectivity index (χ2v) is 5.00. The first-order chi connectivity index (χ1) is 8.69. The molecule has 2 rings (SSSR count). The van der Waals surface area contributed by atoms with Gasteiger partial charge < -0.3 is 4.74 Å². The average molecular weight is 268 g/mol. The number of carbonyl (C=O) groups is 1. The van der Waals surface area contributed by atoms with E-state index in [4.69, 9.17) is 16.3 Å². The average Bonchev–Trinajstić information content (AvgIpc) is 3.15. The van der Waals surface area contributed by atoms with Gasteiger partial charge >= 0.3 is 5.97 Å². The summed E-state index contributed by atoms with van der Waals surface area (Å²) in [6, 6.07) is 8.30. The van der Waals surface area contributed by atoms with E-state index in [0.29, 0.717) is 19.2 Å². The fraction of sp³-hybridized carbons (Fsp3) is 0.500. The SMILES string of the molecule is CCOC(=O)CN(Cc1ccc(Cl)cc1)C1CC1. The number of carbonyl (C=O) groups excluding carboxylic acids is 1. The summed E-state index contributed by atoms with van der Waals surface area (Å²) in [6.07, 6.45) is 2.35. The molecule has 0 atom stereocenters. The lowest BCUT2D eigenvalue weighted by molar-refractivity contribution is -0.144. The van der Waals surface area contributed by atoms with Gasteiger partial charge in [-0.3, -0.25) is 9.69 Å². The molecule has 0 N–H and O–H groups in total. The third-order valence-electron chi connectivity index (χ3n) is 3.00. The van der Waals surface area contributed by atoms with Crippen LogP contribution in [-0.2, 0) is 16.1 Å². The van der Waals surface area contributed by atoms with Gasteiger partial charge in [0.1, 0.15) is 0 Å². The fourth-order valence-electron chi connectivity index (χ4n) is 1.95. The lowest BCUT2D eigenvalue weighted by atomic mass is 10.2. The van der Waals surface area contributed by atoms with E-state index < -0.39 is 0 Å². The number of nitrogens with zero attached hydrogens (tertiary/aromatic N) is 1. The van der Waals surface area contributed by atoms with Gasteiger partial charge in [0.15, 0.2) is 0 Å². The molecule has 0 aliphatic heterocycles. The summed E-state index contributed by atoms with van der Waals surface area (Å²) in [4.78, 5) is 13.7. The standard InChI is InChI=1S/C14H18ClNO2/c1-2-18-14(17)10-16(13-7-8-13)9-11-3-5-12(15)6-4-11/h3-6,13H,2,7-10H2,1H3. The van der Waals surface area contributed by atoms with Crippen molar-refractivity contribution in [2.45, 2.75) is 32.4 Å². The van der Waals surface area contributed by atoms with Gasteiger partial charge in [0.2, 0.25) is 0 Å². The molecule has 0 unspecified atom stereocenters. The van der Waals surface area contributed by atoms with Gasteiger partial charge in [-0.1, -0.05) is 23.7 Å².